The predicted octanol–water partition coefficient (Wildman–Crippen LogP) is 4.06. The molecule has 0 aliphatic carbocycles. The molecule has 0 spiro atoms. The lowest BCUT2D eigenvalue weighted by atomic mass is 10.1. The van der Waals surface area contributed by atoms with Crippen molar-refractivity contribution in [1.29, 1.82) is 0 Å². The van der Waals surface area contributed by atoms with Crippen molar-refractivity contribution in [3.63, 3.8) is 0 Å². The molecule has 6 nitrogen and oxygen atoms in total. The molecule has 2 heterocycles. The minimum absolute atomic E-state index is 0.0579. The van der Waals surface area contributed by atoms with E-state index in [2.05, 4.69) is 9.97 Å². The Kier molecular flexibility index (Phi) is 5.64. The number of anilines is 1. The summed E-state index contributed by atoms with van der Waals surface area (Å²) >= 11 is 5.70. The molecule has 150 valence electrons. The number of nitrogens with zero attached hydrogens (tertiary/aromatic N) is 3. The summed E-state index contributed by atoms with van der Waals surface area (Å²) in [5.74, 6) is -1.22. The molecule has 0 bridgehead atoms. The number of benzene rings is 1. The summed E-state index contributed by atoms with van der Waals surface area (Å²) in [4.78, 5) is 21.2. The van der Waals surface area contributed by atoms with Gasteiger partial charge in [0, 0.05) is 24.7 Å². The molecule has 10 heteroatoms. The van der Waals surface area contributed by atoms with Crippen molar-refractivity contribution in [2.45, 2.75) is 19.5 Å². The van der Waals surface area contributed by atoms with Crippen LogP contribution in [0.2, 0.25) is 5.02 Å². The number of rotatable bonds is 5. The van der Waals surface area contributed by atoms with Crippen LogP contribution in [0.15, 0.2) is 24.3 Å². The highest BCUT2D eigenvalue weighted by atomic mass is 35.5. The number of ether oxygens (including phenoxy) is 1. The van der Waals surface area contributed by atoms with Gasteiger partial charge in [0.15, 0.2) is 5.69 Å². The summed E-state index contributed by atoms with van der Waals surface area (Å²) in [7, 11) is 0. The maximum absolute atomic E-state index is 13.2. The largest absolute Gasteiger partial charge is 0.493 e. The maximum Gasteiger partial charge on any atom is 0.421 e. The third-order valence-corrected chi connectivity index (χ3v) is 4.68. The third kappa shape index (κ3) is 4.46. The van der Waals surface area contributed by atoms with Crippen molar-refractivity contribution in [2.24, 2.45) is 5.92 Å². The van der Waals surface area contributed by atoms with Crippen LogP contribution in [0.5, 0.6) is 5.75 Å². The van der Waals surface area contributed by atoms with E-state index in [0.29, 0.717) is 31.2 Å². The van der Waals surface area contributed by atoms with Gasteiger partial charge in [-0.25, -0.2) is 14.8 Å². The minimum Gasteiger partial charge on any atom is -0.493 e. The topological polar surface area (TPSA) is 75.5 Å². The SMILES string of the molecule is Cc1cc(C(=O)O)nc(N2CCC(COc3cccc(Cl)c3C(F)(F)F)C2)n1. The zero-order chi connectivity index (χ0) is 20.5. The molecule has 1 aliphatic heterocycles. The summed E-state index contributed by atoms with van der Waals surface area (Å²) in [5, 5.41) is 8.71. The molecule has 1 saturated heterocycles. The molecule has 28 heavy (non-hydrogen) atoms. The summed E-state index contributed by atoms with van der Waals surface area (Å²) in [6.07, 6.45) is -3.96. The highest BCUT2D eigenvalue weighted by molar-refractivity contribution is 6.31. The summed E-state index contributed by atoms with van der Waals surface area (Å²) in [5.41, 5.74) is -0.563. The van der Waals surface area contributed by atoms with Gasteiger partial charge in [-0.2, -0.15) is 13.2 Å². The molecular weight excluding hydrogens is 399 g/mol. The number of hydrogen-bond donors (Lipinski definition) is 1. The van der Waals surface area contributed by atoms with E-state index in [1.807, 2.05) is 0 Å². The highest BCUT2D eigenvalue weighted by Gasteiger charge is 2.37. The molecule has 3 rings (SSSR count). The Labute approximate surface area is 163 Å². The van der Waals surface area contributed by atoms with Gasteiger partial charge in [-0.1, -0.05) is 17.7 Å². The first-order valence-electron chi connectivity index (χ1n) is 8.47. The third-order valence-electron chi connectivity index (χ3n) is 4.36. The second-order valence-corrected chi connectivity index (χ2v) is 6.93. The molecule has 1 N–H and O–H groups in total. The Morgan fingerprint density at radius 3 is 2.82 bits per heavy atom. The molecule has 2 aromatic rings. The Balaban J connectivity index is 1.68. The lowest BCUT2D eigenvalue weighted by Gasteiger charge is -2.19. The van der Waals surface area contributed by atoms with Gasteiger partial charge in [-0.3, -0.25) is 0 Å². The average Bonchev–Trinajstić information content (AvgIpc) is 3.07. The van der Waals surface area contributed by atoms with Crippen LogP contribution in [0.1, 0.15) is 28.2 Å². The number of aryl methyl sites for hydroxylation is 1. The van der Waals surface area contributed by atoms with Crippen LogP contribution < -0.4 is 9.64 Å². The molecular formula is C18H17ClF3N3O3. The Morgan fingerprint density at radius 1 is 1.39 bits per heavy atom. The van der Waals surface area contributed by atoms with Crippen LogP contribution in [0, 0.1) is 12.8 Å². The van der Waals surface area contributed by atoms with Crippen LogP contribution in [0.25, 0.3) is 0 Å². The molecule has 1 aliphatic rings. The van der Waals surface area contributed by atoms with Gasteiger partial charge < -0.3 is 14.7 Å². The second kappa shape index (κ2) is 7.83. The molecule has 0 amide bonds. The monoisotopic (exact) mass is 415 g/mol. The number of alkyl halides is 3. The Bertz CT molecular complexity index is 892. The average molecular weight is 416 g/mol. The first-order valence-corrected chi connectivity index (χ1v) is 8.85. The van der Waals surface area contributed by atoms with E-state index in [1.54, 1.807) is 11.8 Å². The van der Waals surface area contributed by atoms with E-state index in [4.69, 9.17) is 21.4 Å². The zero-order valence-corrected chi connectivity index (χ0v) is 15.6. The molecule has 0 saturated carbocycles. The van der Waals surface area contributed by atoms with Crippen LogP contribution >= 0.6 is 11.6 Å². The minimum atomic E-state index is -4.61. The van der Waals surface area contributed by atoms with Gasteiger partial charge in [0.2, 0.25) is 5.95 Å². The fourth-order valence-electron chi connectivity index (χ4n) is 3.06. The van der Waals surface area contributed by atoms with Crippen molar-refractivity contribution in [2.75, 3.05) is 24.6 Å². The smallest absolute Gasteiger partial charge is 0.421 e. The van der Waals surface area contributed by atoms with Gasteiger partial charge in [0.05, 0.1) is 11.6 Å². The molecule has 0 radical (unpaired) electrons. The van der Waals surface area contributed by atoms with Gasteiger partial charge >= 0.3 is 12.1 Å². The molecule has 1 aromatic carbocycles. The van der Waals surface area contributed by atoms with E-state index in [0.717, 1.165) is 0 Å². The van der Waals surface area contributed by atoms with Crippen LogP contribution in [-0.2, 0) is 6.18 Å². The fraction of sp³-hybridized carbons (Fsp3) is 0.389. The first kappa shape index (κ1) is 20.2. The predicted molar refractivity (Wildman–Crippen MR) is 96.0 cm³/mol. The van der Waals surface area contributed by atoms with Crippen LogP contribution in [-0.4, -0.2) is 40.7 Å². The zero-order valence-electron chi connectivity index (χ0n) is 14.8. The summed E-state index contributed by atoms with van der Waals surface area (Å²) < 4.78 is 45.0. The number of hydrogen-bond acceptors (Lipinski definition) is 5. The van der Waals surface area contributed by atoms with Crippen molar-refractivity contribution < 1.29 is 27.8 Å². The number of carboxylic acid groups (broad SMARTS) is 1. The summed E-state index contributed by atoms with van der Waals surface area (Å²) in [6, 6.07) is 5.19. The van der Waals surface area contributed by atoms with Gasteiger partial charge in [-0.15, -0.1) is 0 Å². The molecule has 1 atom stereocenters. The van der Waals surface area contributed by atoms with Crippen molar-refractivity contribution in [3.05, 3.63) is 46.2 Å². The van der Waals surface area contributed by atoms with Crippen LogP contribution in [0.4, 0.5) is 19.1 Å². The van der Waals surface area contributed by atoms with E-state index < -0.39 is 22.7 Å². The number of carboxylic acids is 1. The van der Waals surface area contributed by atoms with E-state index in [9.17, 15) is 18.0 Å². The fourth-order valence-corrected chi connectivity index (χ4v) is 3.33. The molecule has 1 aromatic heterocycles. The second-order valence-electron chi connectivity index (χ2n) is 6.52. The van der Waals surface area contributed by atoms with E-state index in [-0.39, 0.29) is 24.0 Å². The van der Waals surface area contributed by atoms with Crippen molar-refractivity contribution >= 4 is 23.5 Å². The van der Waals surface area contributed by atoms with E-state index >= 15 is 0 Å². The Morgan fingerprint density at radius 2 is 2.14 bits per heavy atom. The lowest BCUT2D eigenvalue weighted by molar-refractivity contribution is -0.138. The number of aromatic carboxylic acids is 1. The Hall–Kier alpha value is -2.55. The highest BCUT2D eigenvalue weighted by Crippen LogP contribution is 2.41. The molecule has 1 unspecified atom stereocenters. The number of carbonyl (C=O) groups is 1. The van der Waals surface area contributed by atoms with Gasteiger partial charge in [0.1, 0.15) is 11.3 Å². The lowest BCUT2D eigenvalue weighted by Crippen LogP contribution is -2.25. The first-order chi connectivity index (χ1) is 13.1. The van der Waals surface area contributed by atoms with Gasteiger partial charge in [0.25, 0.3) is 0 Å². The standard InChI is InChI=1S/C18H17ClF3N3O3/c1-10-7-13(16(26)27)24-17(23-10)25-6-5-11(8-25)9-28-14-4-2-3-12(19)15(14)18(20,21)22/h2-4,7,11H,5-6,8-9H2,1H3,(H,26,27). The van der Waals surface area contributed by atoms with Crippen molar-refractivity contribution in [3.8, 4) is 5.75 Å². The normalized spacial score (nSPS) is 17.0. The van der Waals surface area contributed by atoms with Gasteiger partial charge in [-0.05, 0) is 31.5 Å². The quantitative estimate of drug-likeness (QED) is 0.793. The molecule has 1 fully saturated rings. The summed E-state index contributed by atoms with van der Waals surface area (Å²) in [6.45, 7) is 2.74. The number of aromatic nitrogens is 2. The van der Waals surface area contributed by atoms with Crippen molar-refractivity contribution in [1.82, 2.24) is 9.97 Å². The maximum atomic E-state index is 13.2. The van der Waals surface area contributed by atoms with Crippen LogP contribution in [0.3, 0.4) is 0 Å². The van der Waals surface area contributed by atoms with E-state index in [1.165, 1.54) is 24.3 Å². The number of halogens is 4.